The summed E-state index contributed by atoms with van der Waals surface area (Å²) < 4.78 is 0. The number of hydrogen-bond acceptors (Lipinski definition) is 4. The van der Waals surface area contributed by atoms with E-state index >= 15 is 0 Å². The predicted octanol–water partition coefficient (Wildman–Crippen LogP) is 0.212. The van der Waals surface area contributed by atoms with Gasteiger partial charge in [-0.1, -0.05) is 0 Å². The number of carbonyl (C=O) groups is 2. The van der Waals surface area contributed by atoms with E-state index in [1.165, 1.54) is 6.20 Å². The van der Waals surface area contributed by atoms with E-state index in [2.05, 4.69) is 10.2 Å². The van der Waals surface area contributed by atoms with Crippen molar-refractivity contribution < 1.29 is 9.59 Å². The SMILES string of the molecule is CCN(CC)C(=O)N1CCN(C(=O)c2[nH]ncc2N)CC1. The second-order valence-electron chi connectivity index (χ2n) is 4.93. The van der Waals surface area contributed by atoms with Gasteiger partial charge >= 0.3 is 6.03 Å². The van der Waals surface area contributed by atoms with Gasteiger partial charge in [-0.05, 0) is 13.8 Å². The van der Waals surface area contributed by atoms with Gasteiger partial charge in [0.05, 0.1) is 11.9 Å². The zero-order valence-electron chi connectivity index (χ0n) is 12.5. The van der Waals surface area contributed by atoms with Gasteiger partial charge in [-0.25, -0.2) is 4.79 Å². The first kappa shape index (κ1) is 15.1. The van der Waals surface area contributed by atoms with Crippen LogP contribution in [0.15, 0.2) is 6.20 Å². The minimum atomic E-state index is -0.167. The number of nitrogens with one attached hydrogen (secondary N) is 1. The van der Waals surface area contributed by atoms with Gasteiger partial charge in [0.1, 0.15) is 5.69 Å². The number of anilines is 1. The standard InChI is InChI=1S/C13H22N6O2/c1-3-17(4-2)13(21)19-7-5-18(6-8-19)12(20)11-10(14)9-15-16-11/h9H,3-8,14H2,1-2H3,(H,15,16). The molecule has 0 bridgehead atoms. The molecule has 1 aliphatic heterocycles. The molecule has 0 atom stereocenters. The molecule has 0 unspecified atom stereocenters. The van der Waals surface area contributed by atoms with Gasteiger partial charge in [0.2, 0.25) is 0 Å². The fraction of sp³-hybridized carbons (Fsp3) is 0.615. The number of nitrogens with two attached hydrogens (primary N) is 1. The molecular weight excluding hydrogens is 272 g/mol. The molecule has 21 heavy (non-hydrogen) atoms. The number of amides is 3. The van der Waals surface area contributed by atoms with Crippen LogP contribution in [0.25, 0.3) is 0 Å². The van der Waals surface area contributed by atoms with Crippen LogP contribution in [-0.4, -0.2) is 76.1 Å². The third-order valence-electron chi connectivity index (χ3n) is 3.75. The molecule has 116 valence electrons. The molecule has 3 amide bonds. The summed E-state index contributed by atoms with van der Waals surface area (Å²) in [6.45, 7) is 7.39. The average Bonchev–Trinajstić information content (AvgIpc) is 2.94. The number of nitrogens with zero attached hydrogens (tertiary/aromatic N) is 4. The lowest BCUT2D eigenvalue weighted by atomic mass is 10.2. The Balaban J connectivity index is 1.93. The van der Waals surface area contributed by atoms with Gasteiger partial charge in [-0.2, -0.15) is 5.10 Å². The highest BCUT2D eigenvalue weighted by molar-refractivity contribution is 5.97. The van der Waals surface area contributed by atoms with Crippen molar-refractivity contribution >= 4 is 17.6 Å². The summed E-state index contributed by atoms with van der Waals surface area (Å²) in [5.41, 5.74) is 6.35. The monoisotopic (exact) mass is 294 g/mol. The number of rotatable bonds is 3. The molecule has 1 fully saturated rings. The number of hydrogen-bond donors (Lipinski definition) is 2. The van der Waals surface area contributed by atoms with Gasteiger partial charge in [-0.3, -0.25) is 9.89 Å². The summed E-state index contributed by atoms with van der Waals surface area (Å²) >= 11 is 0. The predicted molar refractivity (Wildman–Crippen MR) is 78.8 cm³/mol. The molecule has 0 spiro atoms. The van der Waals surface area contributed by atoms with Gasteiger partial charge in [0.25, 0.3) is 5.91 Å². The molecule has 8 nitrogen and oxygen atoms in total. The molecule has 0 saturated carbocycles. The second-order valence-corrected chi connectivity index (χ2v) is 4.93. The molecule has 0 radical (unpaired) electrons. The summed E-state index contributed by atoms with van der Waals surface area (Å²) in [5, 5.41) is 6.38. The highest BCUT2D eigenvalue weighted by Gasteiger charge is 2.27. The van der Waals surface area contributed by atoms with Gasteiger partial charge in [0.15, 0.2) is 0 Å². The Morgan fingerprint density at radius 1 is 1.24 bits per heavy atom. The van der Waals surface area contributed by atoms with E-state index in [0.29, 0.717) is 50.6 Å². The van der Waals surface area contributed by atoms with Crippen molar-refractivity contribution in [2.45, 2.75) is 13.8 Å². The van der Waals surface area contributed by atoms with E-state index in [4.69, 9.17) is 5.73 Å². The number of nitrogen functional groups attached to an aromatic ring is 1. The Labute approximate surface area is 123 Å². The van der Waals surface area contributed by atoms with Crippen LogP contribution in [0.1, 0.15) is 24.3 Å². The number of urea groups is 1. The lowest BCUT2D eigenvalue weighted by molar-refractivity contribution is 0.0637. The lowest BCUT2D eigenvalue weighted by Crippen LogP contribution is -2.54. The summed E-state index contributed by atoms with van der Waals surface area (Å²) in [6.07, 6.45) is 1.42. The van der Waals surface area contributed by atoms with Gasteiger partial charge in [0, 0.05) is 39.3 Å². The van der Waals surface area contributed by atoms with Gasteiger partial charge < -0.3 is 20.4 Å². The van der Waals surface area contributed by atoms with Crippen molar-refractivity contribution in [2.24, 2.45) is 0 Å². The van der Waals surface area contributed by atoms with Crippen molar-refractivity contribution in [1.29, 1.82) is 0 Å². The van der Waals surface area contributed by atoms with Gasteiger partial charge in [-0.15, -0.1) is 0 Å². The number of aromatic nitrogens is 2. The minimum Gasteiger partial charge on any atom is -0.396 e. The van der Waals surface area contributed by atoms with E-state index in [1.807, 2.05) is 13.8 Å². The Hall–Kier alpha value is -2.25. The maximum Gasteiger partial charge on any atom is 0.320 e. The fourth-order valence-corrected chi connectivity index (χ4v) is 2.42. The van der Waals surface area contributed by atoms with Crippen molar-refractivity contribution in [3.8, 4) is 0 Å². The quantitative estimate of drug-likeness (QED) is 0.832. The first-order chi connectivity index (χ1) is 10.1. The normalized spacial score (nSPS) is 15.1. The zero-order chi connectivity index (χ0) is 15.4. The second kappa shape index (κ2) is 6.47. The molecule has 1 saturated heterocycles. The highest BCUT2D eigenvalue weighted by Crippen LogP contribution is 2.13. The van der Waals surface area contributed by atoms with E-state index in [9.17, 15) is 9.59 Å². The van der Waals surface area contributed by atoms with Crippen LogP contribution in [0.2, 0.25) is 0 Å². The summed E-state index contributed by atoms with van der Waals surface area (Å²) in [4.78, 5) is 29.8. The largest absolute Gasteiger partial charge is 0.396 e. The third-order valence-corrected chi connectivity index (χ3v) is 3.75. The van der Waals surface area contributed by atoms with E-state index in [0.717, 1.165) is 0 Å². The molecular formula is C13H22N6O2. The number of carbonyl (C=O) groups excluding carboxylic acids is 2. The highest BCUT2D eigenvalue weighted by atomic mass is 16.2. The molecule has 0 aromatic carbocycles. The first-order valence-electron chi connectivity index (χ1n) is 7.20. The van der Waals surface area contributed by atoms with Crippen LogP contribution in [0.3, 0.4) is 0 Å². The molecule has 2 rings (SSSR count). The van der Waals surface area contributed by atoms with Crippen molar-refractivity contribution in [2.75, 3.05) is 45.0 Å². The number of H-pyrrole nitrogens is 1. The molecule has 8 heteroatoms. The van der Waals surface area contributed by atoms with Crippen LogP contribution >= 0.6 is 0 Å². The smallest absolute Gasteiger partial charge is 0.320 e. The molecule has 0 aliphatic carbocycles. The fourth-order valence-electron chi connectivity index (χ4n) is 2.42. The molecule has 2 heterocycles. The Morgan fingerprint density at radius 2 is 1.81 bits per heavy atom. The van der Waals surface area contributed by atoms with Crippen LogP contribution in [-0.2, 0) is 0 Å². The van der Waals surface area contributed by atoms with Crippen LogP contribution in [0.5, 0.6) is 0 Å². The molecule has 1 aromatic heterocycles. The van der Waals surface area contributed by atoms with Crippen LogP contribution in [0.4, 0.5) is 10.5 Å². The lowest BCUT2D eigenvalue weighted by Gasteiger charge is -2.37. The van der Waals surface area contributed by atoms with Crippen molar-refractivity contribution in [3.05, 3.63) is 11.9 Å². The zero-order valence-corrected chi connectivity index (χ0v) is 12.5. The minimum absolute atomic E-state index is 0.0353. The molecule has 1 aliphatic rings. The molecule has 1 aromatic rings. The number of aromatic amines is 1. The third kappa shape index (κ3) is 3.09. The Morgan fingerprint density at radius 3 is 2.29 bits per heavy atom. The Kier molecular flexibility index (Phi) is 4.66. The number of piperazine rings is 1. The van der Waals surface area contributed by atoms with Crippen molar-refractivity contribution in [3.63, 3.8) is 0 Å². The van der Waals surface area contributed by atoms with Crippen LogP contribution in [0, 0.1) is 0 Å². The van der Waals surface area contributed by atoms with Crippen molar-refractivity contribution in [1.82, 2.24) is 24.9 Å². The molecule has 3 N–H and O–H groups in total. The summed E-state index contributed by atoms with van der Waals surface area (Å²) in [7, 11) is 0. The van der Waals surface area contributed by atoms with E-state index in [1.54, 1.807) is 14.7 Å². The summed E-state index contributed by atoms with van der Waals surface area (Å²) in [5.74, 6) is -0.167. The van der Waals surface area contributed by atoms with E-state index in [-0.39, 0.29) is 11.9 Å². The van der Waals surface area contributed by atoms with Crippen LogP contribution < -0.4 is 5.73 Å². The van der Waals surface area contributed by atoms with E-state index < -0.39 is 0 Å². The first-order valence-corrected chi connectivity index (χ1v) is 7.20. The maximum absolute atomic E-state index is 12.3. The maximum atomic E-state index is 12.3. The topological polar surface area (TPSA) is 98.6 Å². The average molecular weight is 294 g/mol. The Bertz CT molecular complexity index is 503. The summed E-state index contributed by atoms with van der Waals surface area (Å²) in [6, 6.07) is 0.0353.